The lowest BCUT2D eigenvalue weighted by Crippen LogP contribution is -2.50. The zero-order valence-corrected chi connectivity index (χ0v) is 18.3. The molecule has 2 aliphatic rings. The van der Waals surface area contributed by atoms with E-state index in [1.54, 1.807) is 6.08 Å². The van der Waals surface area contributed by atoms with Crippen LogP contribution in [-0.4, -0.2) is 67.1 Å². The third-order valence-corrected chi connectivity index (χ3v) is 6.03. The molecule has 0 saturated carbocycles. The van der Waals surface area contributed by atoms with E-state index in [9.17, 15) is 9.59 Å². The SMILES string of the molecule is O=C(/C=C/c1ccccc1)N1CC[C@H](Oc2ccccc2)[C@@H](CC(=O)N2CCOCC2)C1. The highest BCUT2D eigenvalue weighted by Gasteiger charge is 2.35. The molecule has 2 heterocycles. The number of ether oxygens (including phenoxy) is 2. The van der Waals surface area contributed by atoms with Crippen molar-refractivity contribution >= 4 is 17.9 Å². The van der Waals surface area contributed by atoms with E-state index in [-0.39, 0.29) is 23.8 Å². The number of para-hydroxylation sites is 1. The van der Waals surface area contributed by atoms with Crippen molar-refractivity contribution in [3.63, 3.8) is 0 Å². The quantitative estimate of drug-likeness (QED) is 0.655. The molecule has 0 bridgehead atoms. The summed E-state index contributed by atoms with van der Waals surface area (Å²) in [5.74, 6) is 0.809. The summed E-state index contributed by atoms with van der Waals surface area (Å²) in [6.45, 7) is 3.52. The highest BCUT2D eigenvalue weighted by molar-refractivity contribution is 5.92. The molecule has 6 heteroatoms. The third-order valence-electron chi connectivity index (χ3n) is 6.03. The van der Waals surface area contributed by atoms with E-state index in [1.165, 1.54) is 0 Å². The minimum atomic E-state index is -0.107. The molecule has 2 aromatic rings. The number of likely N-dealkylation sites (tertiary alicyclic amines) is 1. The lowest BCUT2D eigenvalue weighted by Gasteiger charge is -2.39. The third kappa shape index (κ3) is 5.98. The van der Waals surface area contributed by atoms with Crippen molar-refractivity contribution in [2.75, 3.05) is 39.4 Å². The first-order chi connectivity index (χ1) is 15.7. The molecule has 0 N–H and O–H groups in total. The monoisotopic (exact) mass is 434 g/mol. The lowest BCUT2D eigenvalue weighted by molar-refractivity contribution is -0.140. The topological polar surface area (TPSA) is 59.1 Å². The Morgan fingerprint density at radius 3 is 2.34 bits per heavy atom. The maximum atomic E-state index is 12.9. The first kappa shape index (κ1) is 22.1. The molecular formula is C26H30N2O4. The number of morpholine rings is 1. The molecule has 6 nitrogen and oxygen atoms in total. The maximum absolute atomic E-state index is 12.9. The summed E-state index contributed by atoms with van der Waals surface area (Å²) in [6.07, 6.45) is 4.41. The van der Waals surface area contributed by atoms with E-state index in [4.69, 9.17) is 9.47 Å². The second kappa shape index (κ2) is 11.0. The standard InChI is InChI=1S/C26H30N2O4/c29-25(12-11-21-7-3-1-4-8-21)28-14-13-24(32-23-9-5-2-6-10-23)22(20-28)19-26(30)27-15-17-31-18-16-27/h1-12,22,24H,13-20H2/b12-11+/t22-,24-/m0/s1. The molecule has 32 heavy (non-hydrogen) atoms. The largest absolute Gasteiger partial charge is 0.490 e. The Hall–Kier alpha value is -3.12. The fourth-order valence-corrected chi connectivity index (χ4v) is 4.24. The van der Waals surface area contributed by atoms with Gasteiger partial charge in [0.25, 0.3) is 0 Å². The van der Waals surface area contributed by atoms with Crippen molar-refractivity contribution in [1.82, 2.24) is 9.80 Å². The Morgan fingerprint density at radius 2 is 1.62 bits per heavy atom. The van der Waals surface area contributed by atoms with Gasteiger partial charge < -0.3 is 19.3 Å². The van der Waals surface area contributed by atoms with Gasteiger partial charge in [0.05, 0.1) is 13.2 Å². The fraction of sp³-hybridized carbons (Fsp3) is 0.385. The molecule has 0 radical (unpaired) electrons. The minimum absolute atomic E-state index is 0.0316. The number of nitrogens with zero attached hydrogens (tertiary/aromatic N) is 2. The van der Waals surface area contributed by atoms with Gasteiger partial charge in [0.2, 0.25) is 11.8 Å². The van der Waals surface area contributed by atoms with E-state index in [0.717, 1.165) is 11.3 Å². The summed E-state index contributed by atoms with van der Waals surface area (Å²) in [7, 11) is 0. The first-order valence-electron chi connectivity index (χ1n) is 11.3. The summed E-state index contributed by atoms with van der Waals surface area (Å²) in [6, 6.07) is 19.5. The van der Waals surface area contributed by atoms with Crippen LogP contribution >= 0.6 is 0 Å². The van der Waals surface area contributed by atoms with Crippen molar-refractivity contribution in [2.45, 2.75) is 18.9 Å². The van der Waals surface area contributed by atoms with Gasteiger partial charge in [-0.15, -0.1) is 0 Å². The molecule has 4 rings (SSSR count). The van der Waals surface area contributed by atoms with Crippen LogP contribution in [-0.2, 0) is 14.3 Å². The van der Waals surface area contributed by atoms with Crippen LogP contribution in [0, 0.1) is 5.92 Å². The van der Waals surface area contributed by atoms with Crippen molar-refractivity contribution in [1.29, 1.82) is 0 Å². The average molecular weight is 435 g/mol. The van der Waals surface area contributed by atoms with Gasteiger partial charge in [0.1, 0.15) is 11.9 Å². The predicted octanol–water partition coefficient (Wildman–Crippen LogP) is 3.24. The average Bonchev–Trinajstić information content (AvgIpc) is 2.85. The van der Waals surface area contributed by atoms with Gasteiger partial charge in [-0.1, -0.05) is 48.5 Å². The zero-order chi connectivity index (χ0) is 22.2. The predicted molar refractivity (Wildman–Crippen MR) is 123 cm³/mol. The number of hydrogen-bond donors (Lipinski definition) is 0. The lowest BCUT2D eigenvalue weighted by atomic mass is 9.90. The Kier molecular flexibility index (Phi) is 7.56. The van der Waals surface area contributed by atoms with Crippen molar-refractivity contribution < 1.29 is 19.1 Å². The van der Waals surface area contributed by atoms with Gasteiger partial charge in [-0.25, -0.2) is 0 Å². The number of amides is 2. The summed E-state index contributed by atoms with van der Waals surface area (Å²) in [5, 5.41) is 0. The fourth-order valence-electron chi connectivity index (χ4n) is 4.24. The molecule has 0 unspecified atom stereocenters. The number of rotatable bonds is 6. The molecule has 2 aliphatic heterocycles. The molecular weight excluding hydrogens is 404 g/mol. The van der Waals surface area contributed by atoms with E-state index >= 15 is 0 Å². The molecule has 0 spiro atoms. The molecule has 2 fully saturated rings. The highest BCUT2D eigenvalue weighted by Crippen LogP contribution is 2.27. The van der Waals surface area contributed by atoms with Crippen LogP contribution in [0.15, 0.2) is 66.7 Å². The smallest absolute Gasteiger partial charge is 0.246 e. The normalized spacial score (nSPS) is 21.5. The van der Waals surface area contributed by atoms with Gasteiger partial charge in [-0.2, -0.15) is 0 Å². The van der Waals surface area contributed by atoms with Crippen LogP contribution < -0.4 is 4.74 Å². The number of benzene rings is 2. The second-order valence-corrected chi connectivity index (χ2v) is 8.24. The molecule has 0 aliphatic carbocycles. The maximum Gasteiger partial charge on any atom is 0.246 e. The number of piperidine rings is 1. The zero-order valence-electron chi connectivity index (χ0n) is 18.3. The van der Waals surface area contributed by atoms with E-state index in [0.29, 0.717) is 52.2 Å². The summed E-state index contributed by atoms with van der Waals surface area (Å²) in [4.78, 5) is 29.5. The molecule has 2 saturated heterocycles. The summed E-state index contributed by atoms with van der Waals surface area (Å²) >= 11 is 0. The van der Waals surface area contributed by atoms with Crippen molar-refractivity contribution in [3.05, 3.63) is 72.3 Å². The number of carbonyl (C=O) groups excluding carboxylic acids is 2. The van der Waals surface area contributed by atoms with Gasteiger partial charge in [0.15, 0.2) is 0 Å². The van der Waals surface area contributed by atoms with E-state index in [1.807, 2.05) is 76.5 Å². The van der Waals surface area contributed by atoms with Crippen molar-refractivity contribution in [2.24, 2.45) is 5.92 Å². The Bertz CT molecular complexity index is 910. The number of carbonyl (C=O) groups is 2. The van der Waals surface area contributed by atoms with E-state index < -0.39 is 0 Å². The van der Waals surface area contributed by atoms with Gasteiger partial charge in [-0.3, -0.25) is 9.59 Å². The van der Waals surface area contributed by atoms with Gasteiger partial charge >= 0.3 is 0 Å². The van der Waals surface area contributed by atoms with Crippen LogP contribution in [0.5, 0.6) is 5.75 Å². The summed E-state index contributed by atoms with van der Waals surface area (Å²) in [5.41, 5.74) is 0.988. The van der Waals surface area contributed by atoms with E-state index in [2.05, 4.69) is 0 Å². The molecule has 168 valence electrons. The molecule has 2 aromatic carbocycles. The Labute approximate surface area is 189 Å². The second-order valence-electron chi connectivity index (χ2n) is 8.24. The Morgan fingerprint density at radius 1 is 0.938 bits per heavy atom. The van der Waals surface area contributed by atoms with Crippen LogP contribution in [0.3, 0.4) is 0 Å². The molecule has 2 atom stereocenters. The van der Waals surface area contributed by atoms with Crippen LogP contribution in [0.1, 0.15) is 18.4 Å². The summed E-state index contributed by atoms with van der Waals surface area (Å²) < 4.78 is 11.6. The molecule has 2 amide bonds. The van der Waals surface area contributed by atoms with Crippen LogP contribution in [0.4, 0.5) is 0 Å². The Balaban J connectivity index is 1.43. The molecule has 0 aromatic heterocycles. The highest BCUT2D eigenvalue weighted by atomic mass is 16.5. The van der Waals surface area contributed by atoms with Gasteiger partial charge in [-0.05, 0) is 23.8 Å². The van der Waals surface area contributed by atoms with Crippen LogP contribution in [0.2, 0.25) is 0 Å². The van der Waals surface area contributed by atoms with Crippen LogP contribution in [0.25, 0.3) is 6.08 Å². The number of hydrogen-bond acceptors (Lipinski definition) is 4. The first-order valence-corrected chi connectivity index (χ1v) is 11.3. The van der Waals surface area contributed by atoms with Crippen molar-refractivity contribution in [3.8, 4) is 5.75 Å². The van der Waals surface area contributed by atoms with Gasteiger partial charge in [0, 0.05) is 51.0 Å². The minimum Gasteiger partial charge on any atom is -0.490 e.